The van der Waals surface area contributed by atoms with Crippen molar-refractivity contribution in [2.45, 2.75) is 25.8 Å². The van der Waals surface area contributed by atoms with Crippen molar-refractivity contribution >= 4 is 17.4 Å². The maximum absolute atomic E-state index is 12.1. The van der Waals surface area contributed by atoms with Crippen LogP contribution in [0.5, 0.6) is 5.75 Å². The number of benzene rings is 1. The van der Waals surface area contributed by atoms with Gasteiger partial charge in [0.15, 0.2) is 11.6 Å². The highest BCUT2D eigenvalue weighted by molar-refractivity contribution is 5.91. The van der Waals surface area contributed by atoms with Crippen molar-refractivity contribution < 1.29 is 9.90 Å². The quantitative estimate of drug-likeness (QED) is 0.809. The summed E-state index contributed by atoms with van der Waals surface area (Å²) in [5.41, 5.74) is 3.06. The normalized spacial score (nSPS) is 16.1. The Kier molecular flexibility index (Phi) is 3.48. The van der Waals surface area contributed by atoms with Crippen molar-refractivity contribution in [3.05, 3.63) is 47.7 Å². The van der Waals surface area contributed by atoms with Crippen LogP contribution in [0.2, 0.25) is 0 Å². The van der Waals surface area contributed by atoms with Gasteiger partial charge < -0.3 is 15.7 Å². The van der Waals surface area contributed by atoms with Crippen molar-refractivity contribution in [2.75, 3.05) is 10.6 Å². The van der Waals surface area contributed by atoms with E-state index in [9.17, 15) is 9.90 Å². The van der Waals surface area contributed by atoms with Gasteiger partial charge in [0.25, 0.3) is 0 Å². The summed E-state index contributed by atoms with van der Waals surface area (Å²) in [6, 6.07) is 11.4. The lowest BCUT2D eigenvalue weighted by Crippen LogP contribution is -2.24. The lowest BCUT2D eigenvalue weighted by Gasteiger charge is -2.12. The Hall–Kier alpha value is -2.56. The number of fused-ring (bicyclic) bond motifs is 1. The zero-order valence-electron chi connectivity index (χ0n) is 11.8. The maximum atomic E-state index is 12.1. The second kappa shape index (κ2) is 5.44. The Morgan fingerprint density at radius 2 is 2.19 bits per heavy atom. The minimum Gasteiger partial charge on any atom is -0.504 e. The van der Waals surface area contributed by atoms with Gasteiger partial charge >= 0.3 is 0 Å². The van der Waals surface area contributed by atoms with Crippen LogP contribution in [0.15, 0.2) is 36.4 Å². The van der Waals surface area contributed by atoms with E-state index in [1.165, 1.54) is 11.6 Å². The van der Waals surface area contributed by atoms with E-state index >= 15 is 0 Å². The first-order valence-corrected chi connectivity index (χ1v) is 6.93. The standard InChI is InChI=1S/C16H17N3O2/c1-10-6-7-14(20)16(17-10)19-15(21)9-12-8-11-4-2-3-5-13(11)18-12/h2-7,12,18,20H,8-9H2,1H3,(H,17,19,21)/t12-/m1/s1. The van der Waals surface area contributed by atoms with E-state index in [1.807, 2.05) is 25.1 Å². The number of aromatic hydroxyl groups is 1. The molecule has 0 saturated heterocycles. The molecule has 1 aromatic heterocycles. The fourth-order valence-corrected chi connectivity index (χ4v) is 2.55. The highest BCUT2D eigenvalue weighted by Gasteiger charge is 2.22. The van der Waals surface area contributed by atoms with Gasteiger partial charge in [-0.15, -0.1) is 0 Å². The first-order valence-electron chi connectivity index (χ1n) is 6.93. The molecule has 1 amide bonds. The van der Waals surface area contributed by atoms with Gasteiger partial charge in [-0.2, -0.15) is 0 Å². The van der Waals surface area contributed by atoms with Crippen LogP contribution in [0.1, 0.15) is 17.7 Å². The monoisotopic (exact) mass is 283 g/mol. The Labute approximate surface area is 123 Å². The number of para-hydroxylation sites is 1. The molecule has 2 aromatic rings. The average Bonchev–Trinajstić information content (AvgIpc) is 2.84. The molecule has 5 nitrogen and oxygen atoms in total. The van der Waals surface area contributed by atoms with Crippen LogP contribution in [-0.2, 0) is 11.2 Å². The Morgan fingerprint density at radius 1 is 1.38 bits per heavy atom. The van der Waals surface area contributed by atoms with Gasteiger partial charge in [0.2, 0.25) is 5.91 Å². The average molecular weight is 283 g/mol. The molecule has 0 saturated carbocycles. The number of hydrogen-bond donors (Lipinski definition) is 3. The van der Waals surface area contributed by atoms with Gasteiger partial charge in [0.05, 0.1) is 0 Å². The molecule has 1 aromatic carbocycles. The van der Waals surface area contributed by atoms with Crippen molar-refractivity contribution in [3.63, 3.8) is 0 Å². The SMILES string of the molecule is Cc1ccc(O)c(NC(=O)C[C@H]2Cc3ccccc3N2)n1. The summed E-state index contributed by atoms with van der Waals surface area (Å²) >= 11 is 0. The zero-order valence-corrected chi connectivity index (χ0v) is 11.8. The smallest absolute Gasteiger partial charge is 0.227 e. The number of carbonyl (C=O) groups excluding carboxylic acids is 1. The summed E-state index contributed by atoms with van der Waals surface area (Å²) in [5.74, 6) is 0.0424. The van der Waals surface area contributed by atoms with Crippen LogP contribution in [0.4, 0.5) is 11.5 Å². The molecule has 0 unspecified atom stereocenters. The topological polar surface area (TPSA) is 74.2 Å². The van der Waals surface area contributed by atoms with Gasteiger partial charge in [0, 0.05) is 23.8 Å². The number of nitrogens with one attached hydrogen (secondary N) is 2. The van der Waals surface area contributed by atoms with Crippen molar-refractivity contribution in [3.8, 4) is 5.75 Å². The molecule has 0 fully saturated rings. The van der Waals surface area contributed by atoms with Crippen LogP contribution in [0.3, 0.4) is 0 Å². The number of anilines is 2. The lowest BCUT2D eigenvalue weighted by molar-refractivity contribution is -0.116. The zero-order chi connectivity index (χ0) is 14.8. The van der Waals surface area contributed by atoms with Gasteiger partial charge in [-0.25, -0.2) is 4.98 Å². The molecule has 21 heavy (non-hydrogen) atoms. The molecule has 2 heterocycles. The van der Waals surface area contributed by atoms with Gasteiger partial charge in [-0.1, -0.05) is 18.2 Å². The van der Waals surface area contributed by atoms with Crippen LogP contribution in [0.25, 0.3) is 0 Å². The van der Waals surface area contributed by atoms with E-state index in [4.69, 9.17) is 0 Å². The molecule has 108 valence electrons. The number of pyridine rings is 1. The molecular formula is C16H17N3O2. The Morgan fingerprint density at radius 3 is 3.00 bits per heavy atom. The third kappa shape index (κ3) is 2.97. The highest BCUT2D eigenvalue weighted by Crippen LogP contribution is 2.27. The van der Waals surface area contributed by atoms with Crippen LogP contribution < -0.4 is 10.6 Å². The number of rotatable bonds is 3. The van der Waals surface area contributed by atoms with E-state index in [-0.39, 0.29) is 23.5 Å². The van der Waals surface area contributed by atoms with Crippen LogP contribution in [0, 0.1) is 6.92 Å². The molecule has 1 aliphatic rings. The molecule has 3 N–H and O–H groups in total. The number of aromatic nitrogens is 1. The molecule has 0 spiro atoms. The van der Waals surface area contributed by atoms with Crippen molar-refractivity contribution in [1.82, 2.24) is 4.98 Å². The van der Waals surface area contributed by atoms with E-state index in [0.29, 0.717) is 6.42 Å². The molecule has 0 bridgehead atoms. The largest absolute Gasteiger partial charge is 0.504 e. The summed E-state index contributed by atoms with van der Waals surface area (Å²) in [4.78, 5) is 16.2. The molecule has 5 heteroatoms. The number of carbonyl (C=O) groups is 1. The van der Waals surface area contributed by atoms with E-state index in [0.717, 1.165) is 17.8 Å². The third-order valence-corrected chi connectivity index (χ3v) is 3.55. The number of aryl methyl sites for hydroxylation is 1. The predicted octanol–water partition coefficient (Wildman–Crippen LogP) is 2.46. The first kappa shape index (κ1) is 13.4. The number of hydrogen-bond acceptors (Lipinski definition) is 4. The minimum absolute atomic E-state index is 0.0170. The molecule has 0 radical (unpaired) electrons. The lowest BCUT2D eigenvalue weighted by atomic mass is 10.1. The fraction of sp³-hybridized carbons (Fsp3) is 0.250. The van der Waals surface area contributed by atoms with E-state index < -0.39 is 0 Å². The molecule has 3 rings (SSSR count). The summed E-state index contributed by atoms with van der Waals surface area (Å²) in [6.07, 6.45) is 1.17. The van der Waals surface area contributed by atoms with Crippen molar-refractivity contribution in [2.24, 2.45) is 0 Å². The summed E-state index contributed by atoms with van der Waals surface area (Å²) in [5, 5.41) is 15.7. The van der Waals surface area contributed by atoms with Gasteiger partial charge in [-0.05, 0) is 37.1 Å². The van der Waals surface area contributed by atoms with Crippen LogP contribution >= 0.6 is 0 Å². The molecule has 1 aliphatic heterocycles. The second-order valence-electron chi connectivity index (χ2n) is 5.28. The Bertz CT molecular complexity index is 660. The van der Waals surface area contributed by atoms with Gasteiger partial charge in [-0.3, -0.25) is 4.79 Å². The summed E-state index contributed by atoms with van der Waals surface area (Å²) in [7, 11) is 0. The van der Waals surface area contributed by atoms with Gasteiger partial charge in [0.1, 0.15) is 0 Å². The maximum Gasteiger partial charge on any atom is 0.227 e. The minimum atomic E-state index is -0.159. The first-order chi connectivity index (χ1) is 10.1. The van der Waals surface area contributed by atoms with Crippen LogP contribution in [-0.4, -0.2) is 22.0 Å². The van der Waals surface area contributed by atoms with E-state index in [1.54, 1.807) is 6.07 Å². The second-order valence-corrected chi connectivity index (χ2v) is 5.28. The number of amides is 1. The fourth-order valence-electron chi connectivity index (χ4n) is 2.55. The predicted molar refractivity (Wildman–Crippen MR) is 81.4 cm³/mol. The summed E-state index contributed by atoms with van der Waals surface area (Å²) < 4.78 is 0. The Balaban J connectivity index is 1.62. The van der Waals surface area contributed by atoms with E-state index in [2.05, 4.69) is 21.7 Å². The molecular weight excluding hydrogens is 266 g/mol. The third-order valence-electron chi connectivity index (χ3n) is 3.55. The molecule has 0 aliphatic carbocycles. The highest BCUT2D eigenvalue weighted by atomic mass is 16.3. The van der Waals surface area contributed by atoms with Crippen molar-refractivity contribution in [1.29, 1.82) is 0 Å². The molecule has 1 atom stereocenters. The number of nitrogens with zero attached hydrogens (tertiary/aromatic N) is 1. The summed E-state index contributed by atoms with van der Waals surface area (Å²) in [6.45, 7) is 1.81.